The van der Waals surface area contributed by atoms with E-state index in [1.165, 1.54) is 48.7 Å². The summed E-state index contributed by atoms with van der Waals surface area (Å²) in [6.45, 7) is 4.83. The number of esters is 1. The number of Topliss-reactive ketones (excluding diaryl/α,β-unsaturated/α-hetero) is 1. The number of hydrogen-bond donors (Lipinski definition) is 6. The minimum atomic E-state index is -1.63. The van der Waals surface area contributed by atoms with Gasteiger partial charge in [-0.05, 0) is 79.4 Å². The second-order valence-corrected chi connectivity index (χ2v) is 16.7. The third-order valence-electron chi connectivity index (χ3n) is 11.6. The highest BCUT2D eigenvalue weighted by Crippen LogP contribution is 2.57. The van der Waals surface area contributed by atoms with Gasteiger partial charge in [0.25, 0.3) is 5.91 Å². The van der Waals surface area contributed by atoms with Crippen LogP contribution in [-0.2, 0) is 56.7 Å². The van der Waals surface area contributed by atoms with Crippen LogP contribution < -0.4 is 31.2 Å². The van der Waals surface area contributed by atoms with E-state index in [0.29, 0.717) is 75.7 Å². The predicted octanol–water partition coefficient (Wildman–Crippen LogP) is 4.41. The quantitative estimate of drug-likeness (QED) is 0.0299. The summed E-state index contributed by atoms with van der Waals surface area (Å²) in [7, 11) is 0. The average molecular weight is 991 g/mol. The topological polar surface area (TPSA) is 278 Å². The summed E-state index contributed by atoms with van der Waals surface area (Å²) in [4.78, 5) is 74.4. The Morgan fingerprint density at radius 2 is 1.39 bits per heavy atom. The lowest BCUT2D eigenvalue weighted by molar-refractivity contribution is -0.128. The number of aromatic nitrogens is 2. The maximum Gasteiger partial charge on any atom is 0.340 e. The molecule has 0 radical (unpaired) electrons. The molecular formula is C52H58N6O14. The number of phenols is 2. The van der Waals surface area contributed by atoms with E-state index in [2.05, 4.69) is 25.9 Å². The van der Waals surface area contributed by atoms with Crippen molar-refractivity contribution >= 4 is 35.3 Å². The molecule has 2 aliphatic heterocycles. The molecule has 1 unspecified atom stereocenters. The number of fused-ring (bicyclic) bond motifs is 6. The summed E-state index contributed by atoms with van der Waals surface area (Å²) in [5.41, 5.74) is 7.27. The van der Waals surface area contributed by atoms with Crippen LogP contribution in [0.15, 0.2) is 91.1 Å². The summed E-state index contributed by atoms with van der Waals surface area (Å²) in [6, 6.07) is 21.3. The Hall–Kier alpha value is -7.65. The van der Waals surface area contributed by atoms with Crippen LogP contribution in [-0.4, -0.2) is 122 Å². The number of nitrogens with zero attached hydrogens (tertiary/aromatic N) is 2. The minimum absolute atomic E-state index is 0.0535. The summed E-state index contributed by atoms with van der Waals surface area (Å²) in [5.74, 6) is -1.93. The Balaban J connectivity index is 0.816. The van der Waals surface area contributed by atoms with E-state index in [1.54, 1.807) is 18.2 Å². The number of amides is 3. The number of benzene rings is 4. The standard InChI is InChI=1S/C52H58N6O14/c1-2-66-22-19-54-47(62)31-43(57-48(63)35-10-14-39-42(28-35)52(72-50(39)65)40-15-12-37(60)29-44(40)71-45-30-38(61)13-16-41(45)52)49(64)55-20-23-68-25-27-69-26-24-67-21-3-4-36(59)11-9-33-5-7-34(8-6-33)32-70-51-56-18-17-46(53)58-51/h5-8,10,12-18,28-30,43,60-61H,2-4,9,11,19-27,31-32H2,1H3,(H,54,62)(H,55,64)(H,57,63)(H2,53,56,58). The molecule has 1 atom stereocenters. The van der Waals surface area contributed by atoms with Crippen LogP contribution in [0.4, 0.5) is 5.82 Å². The lowest BCUT2D eigenvalue weighted by atomic mass is 9.77. The molecule has 3 heterocycles. The van der Waals surface area contributed by atoms with Gasteiger partial charge in [-0.15, -0.1) is 0 Å². The van der Waals surface area contributed by atoms with Gasteiger partial charge in [0.2, 0.25) is 11.8 Å². The van der Waals surface area contributed by atoms with Gasteiger partial charge >= 0.3 is 12.0 Å². The zero-order valence-corrected chi connectivity index (χ0v) is 39.8. The van der Waals surface area contributed by atoms with Gasteiger partial charge in [0.15, 0.2) is 5.60 Å². The molecule has 0 aliphatic carbocycles. The molecule has 0 fully saturated rings. The highest BCUT2D eigenvalue weighted by Gasteiger charge is 2.54. The Labute approximate surface area is 415 Å². The predicted molar refractivity (Wildman–Crippen MR) is 259 cm³/mol. The van der Waals surface area contributed by atoms with Crippen molar-refractivity contribution in [3.63, 3.8) is 0 Å². The van der Waals surface area contributed by atoms with Crippen molar-refractivity contribution in [2.75, 3.05) is 71.7 Å². The number of ether oxygens (including phenoxy) is 7. The Bertz CT molecular complexity index is 2650. The van der Waals surface area contributed by atoms with E-state index in [-0.39, 0.29) is 91.0 Å². The maximum atomic E-state index is 14.0. The van der Waals surface area contributed by atoms with Crippen LogP contribution in [0.3, 0.4) is 0 Å². The van der Waals surface area contributed by atoms with Crippen LogP contribution >= 0.6 is 0 Å². The van der Waals surface area contributed by atoms with Gasteiger partial charge in [0.1, 0.15) is 47.2 Å². The molecule has 3 amide bonds. The first-order valence-corrected chi connectivity index (χ1v) is 23.6. The van der Waals surface area contributed by atoms with E-state index < -0.39 is 41.8 Å². The first-order chi connectivity index (χ1) is 34.9. The van der Waals surface area contributed by atoms with Gasteiger partial charge < -0.3 is 65.1 Å². The van der Waals surface area contributed by atoms with Crippen molar-refractivity contribution in [2.45, 2.75) is 57.3 Å². The number of ketones is 1. The molecule has 20 nitrogen and oxygen atoms in total. The highest BCUT2D eigenvalue weighted by molar-refractivity contribution is 6.02. The van der Waals surface area contributed by atoms with Gasteiger partial charge in [-0.3, -0.25) is 19.2 Å². The van der Waals surface area contributed by atoms with Crippen LogP contribution in [0.1, 0.15) is 81.1 Å². The molecule has 0 saturated carbocycles. The molecule has 1 spiro atoms. The fraction of sp³-hybridized carbons (Fsp3) is 0.365. The molecule has 72 heavy (non-hydrogen) atoms. The van der Waals surface area contributed by atoms with Crippen LogP contribution in [0.2, 0.25) is 0 Å². The largest absolute Gasteiger partial charge is 0.508 e. The number of nitrogens with two attached hydrogens (primary N) is 1. The number of nitrogen functional groups attached to an aromatic ring is 1. The molecule has 0 saturated heterocycles. The molecule has 5 aromatic rings. The molecule has 20 heteroatoms. The van der Waals surface area contributed by atoms with Crippen LogP contribution in [0.5, 0.6) is 29.0 Å². The molecule has 1 aromatic heterocycles. The third kappa shape index (κ3) is 13.8. The maximum absolute atomic E-state index is 14.0. The van der Waals surface area contributed by atoms with E-state index in [4.69, 9.17) is 38.9 Å². The number of nitrogens with one attached hydrogen (secondary N) is 3. The monoisotopic (exact) mass is 990 g/mol. The number of carbonyl (C=O) groups is 5. The van der Waals surface area contributed by atoms with Crippen molar-refractivity contribution < 1.29 is 67.3 Å². The van der Waals surface area contributed by atoms with Crippen molar-refractivity contribution in [3.8, 4) is 29.0 Å². The van der Waals surface area contributed by atoms with E-state index in [9.17, 15) is 34.2 Å². The van der Waals surface area contributed by atoms with Crippen LogP contribution in [0.25, 0.3) is 0 Å². The Morgan fingerprint density at radius 1 is 0.736 bits per heavy atom. The SMILES string of the molecule is CCOCCNC(=O)CC(NC(=O)c1ccc2c(c1)C1(OC2=O)c2ccc(O)cc2Oc2cc(O)ccc21)C(=O)NCCOCCOCCOCCCC(=O)CCc1ccc(COc2nccc(N)n2)cc1. The summed E-state index contributed by atoms with van der Waals surface area (Å²) < 4.78 is 39.8. The molecule has 4 aromatic carbocycles. The van der Waals surface area contributed by atoms with Crippen molar-refractivity contribution in [3.05, 3.63) is 130 Å². The zero-order chi connectivity index (χ0) is 50.9. The van der Waals surface area contributed by atoms with Gasteiger partial charge in [-0.25, -0.2) is 9.78 Å². The number of rotatable bonds is 28. The average Bonchev–Trinajstić information content (AvgIpc) is 3.66. The number of phenolic OH excluding ortho intramolecular Hbond substituents is 2. The first kappa shape index (κ1) is 52.2. The molecule has 7 N–H and O–H groups in total. The van der Waals surface area contributed by atoms with Crippen molar-refractivity contribution in [1.82, 2.24) is 25.9 Å². The lowest BCUT2D eigenvalue weighted by Crippen LogP contribution is -2.49. The minimum Gasteiger partial charge on any atom is -0.508 e. The molecular weight excluding hydrogens is 933 g/mol. The summed E-state index contributed by atoms with van der Waals surface area (Å²) in [6.07, 6.45) is 3.25. The Kier molecular flexibility index (Phi) is 18.5. The summed E-state index contributed by atoms with van der Waals surface area (Å²) >= 11 is 0. The van der Waals surface area contributed by atoms with E-state index >= 15 is 0 Å². The number of aryl methyl sites for hydroxylation is 1. The highest BCUT2D eigenvalue weighted by atomic mass is 16.6. The van der Waals surface area contributed by atoms with E-state index in [1.807, 2.05) is 31.2 Å². The van der Waals surface area contributed by atoms with E-state index in [0.717, 1.165) is 11.1 Å². The van der Waals surface area contributed by atoms with Crippen molar-refractivity contribution in [1.29, 1.82) is 0 Å². The third-order valence-corrected chi connectivity index (χ3v) is 11.6. The molecule has 0 bridgehead atoms. The molecule has 7 rings (SSSR count). The Morgan fingerprint density at radius 3 is 2.08 bits per heavy atom. The van der Waals surface area contributed by atoms with Gasteiger partial charge in [0, 0.05) is 79.7 Å². The lowest BCUT2D eigenvalue weighted by Gasteiger charge is -2.36. The first-order valence-electron chi connectivity index (χ1n) is 23.6. The fourth-order valence-corrected chi connectivity index (χ4v) is 8.02. The van der Waals surface area contributed by atoms with Gasteiger partial charge in [0.05, 0.1) is 51.6 Å². The van der Waals surface area contributed by atoms with Gasteiger partial charge in [-0.2, -0.15) is 4.98 Å². The number of hydrogen-bond acceptors (Lipinski definition) is 17. The van der Waals surface area contributed by atoms with Crippen molar-refractivity contribution in [2.24, 2.45) is 0 Å². The molecule has 2 aliphatic rings. The fourth-order valence-electron chi connectivity index (χ4n) is 8.02. The summed E-state index contributed by atoms with van der Waals surface area (Å²) in [5, 5.41) is 28.6. The second kappa shape index (κ2) is 25.5. The van der Waals surface area contributed by atoms with Gasteiger partial charge in [-0.1, -0.05) is 24.3 Å². The number of carbonyl (C=O) groups excluding carboxylic acids is 5. The molecule has 380 valence electrons. The zero-order valence-electron chi connectivity index (χ0n) is 39.8. The van der Waals surface area contributed by atoms with Crippen LogP contribution in [0, 0.1) is 0 Å². The smallest absolute Gasteiger partial charge is 0.340 e. The second-order valence-electron chi connectivity index (χ2n) is 16.7. The number of anilines is 1. The number of aromatic hydroxyl groups is 2. The normalized spacial score (nSPS) is 13.2.